The number of methoxy groups -OCH3 is 1. The fourth-order valence-corrected chi connectivity index (χ4v) is 4.84. The lowest BCUT2D eigenvalue weighted by atomic mass is 9.90. The van der Waals surface area contributed by atoms with Crippen LogP contribution in [0.25, 0.3) is 11.1 Å². The molecule has 182 valence electrons. The Hall–Kier alpha value is -2.40. The molecule has 6 nitrogen and oxygen atoms in total. The van der Waals surface area contributed by atoms with E-state index in [2.05, 4.69) is 33.9 Å². The van der Waals surface area contributed by atoms with Crippen molar-refractivity contribution >= 4 is 23.1 Å². The van der Waals surface area contributed by atoms with Crippen molar-refractivity contribution in [2.75, 3.05) is 30.9 Å². The monoisotopic (exact) mass is 485 g/mol. The third-order valence-electron chi connectivity index (χ3n) is 6.86. The summed E-state index contributed by atoms with van der Waals surface area (Å²) in [6.07, 6.45) is 7.67. The van der Waals surface area contributed by atoms with E-state index in [0.717, 1.165) is 62.1 Å². The van der Waals surface area contributed by atoms with E-state index in [0.29, 0.717) is 35.4 Å². The Balaban J connectivity index is 1.40. The Morgan fingerprint density at radius 3 is 2.65 bits per heavy atom. The van der Waals surface area contributed by atoms with Crippen LogP contribution in [0, 0.1) is 22.6 Å². The van der Waals surface area contributed by atoms with Gasteiger partial charge < -0.3 is 20.7 Å². The number of rotatable bonds is 10. The molecule has 34 heavy (non-hydrogen) atoms. The molecule has 0 spiro atoms. The van der Waals surface area contributed by atoms with Crippen molar-refractivity contribution < 1.29 is 9.13 Å². The second kappa shape index (κ2) is 10.9. The minimum atomic E-state index is -0.357. The molecule has 8 heteroatoms. The molecule has 0 saturated heterocycles. The van der Waals surface area contributed by atoms with E-state index in [1.807, 2.05) is 6.07 Å². The summed E-state index contributed by atoms with van der Waals surface area (Å²) in [5, 5.41) is 20.1. The molecule has 4 rings (SSSR count). The molecule has 2 saturated carbocycles. The van der Waals surface area contributed by atoms with Crippen LogP contribution in [0.15, 0.2) is 30.5 Å². The van der Waals surface area contributed by atoms with Gasteiger partial charge in [-0.2, -0.15) is 5.26 Å². The van der Waals surface area contributed by atoms with Gasteiger partial charge in [-0.25, -0.2) is 9.37 Å². The zero-order valence-corrected chi connectivity index (χ0v) is 20.6. The van der Waals surface area contributed by atoms with E-state index in [9.17, 15) is 9.65 Å². The maximum atomic E-state index is 14.4. The van der Waals surface area contributed by atoms with E-state index in [-0.39, 0.29) is 11.2 Å². The van der Waals surface area contributed by atoms with Gasteiger partial charge in [0.25, 0.3) is 0 Å². The van der Waals surface area contributed by atoms with Crippen LogP contribution in [-0.4, -0.2) is 43.4 Å². The zero-order valence-electron chi connectivity index (χ0n) is 19.8. The molecular formula is C26H33ClFN5O. The average Bonchev–Trinajstić information content (AvgIpc) is 3.62. The van der Waals surface area contributed by atoms with Gasteiger partial charge in [0.15, 0.2) is 0 Å². The molecule has 1 atom stereocenters. The first-order chi connectivity index (χ1) is 16.4. The van der Waals surface area contributed by atoms with Crippen LogP contribution in [0.5, 0.6) is 0 Å². The normalized spacial score (nSPS) is 22.0. The standard InChI is InChI=1S/C26H33ClFN5O/c1-17(14-34-2)32-19-4-6-20(7-5-19)33-25-12-21(22(27)13-30-25)18-3-8-23(28)24(11-18)31-16-26(15-29)9-10-26/h3,8,11-13,17,19-20,31-32H,4-7,9-10,14,16H2,1-2H3,(H,30,33)/t17-,19?,20?/m0/s1. The van der Waals surface area contributed by atoms with Gasteiger partial charge in [0.05, 0.1) is 28.8 Å². The molecule has 2 aromatic rings. The van der Waals surface area contributed by atoms with Crippen LogP contribution in [0.2, 0.25) is 5.02 Å². The van der Waals surface area contributed by atoms with E-state index < -0.39 is 0 Å². The number of nitrogens with zero attached hydrogens (tertiary/aromatic N) is 2. The van der Waals surface area contributed by atoms with Crippen LogP contribution < -0.4 is 16.0 Å². The molecule has 0 bridgehead atoms. The molecule has 2 aliphatic rings. The summed E-state index contributed by atoms with van der Waals surface area (Å²) < 4.78 is 19.6. The van der Waals surface area contributed by atoms with Gasteiger partial charge >= 0.3 is 0 Å². The smallest absolute Gasteiger partial charge is 0.146 e. The van der Waals surface area contributed by atoms with E-state index >= 15 is 0 Å². The lowest BCUT2D eigenvalue weighted by Gasteiger charge is -2.32. The molecule has 2 aliphatic carbocycles. The molecular weight excluding hydrogens is 453 g/mol. The molecule has 0 aliphatic heterocycles. The first-order valence-corrected chi connectivity index (χ1v) is 12.4. The molecule has 0 amide bonds. The summed E-state index contributed by atoms with van der Waals surface area (Å²) in [6, 6.07) is 10.4. The largest absolute Gasteiger partial charge is 0.383 e. The number of benzene rings is 1. The summed E-state index contributed by atoms with van der Waals surface area (Å²) in [4.78, 5) is 4.48. The Kier molecular flexibility index (Phi) is 7.92. The fourth-order valence-electron chi connectivity index (χ4n) is 4.62. The molecule has 0 radical (unpaired) electrons. The maximum Gasteiger partial charge on any atom is 0.146 e. The van der Waals surface area contributed by atoms with Gasteiger partial charge in [0, 0.05) is 43.5 Å². The van der Waals surface area contributed by atoms with Gasteiger partial charge in [0.1, 0.15) is 11.6 Å². The third kappa shape index (κ3) is 6.18. The van der Waals surface area contributed by atoms with E-state index in [1.165, 1.54) is 6.07 Å². The van der Waals surface area contributed by atoms with Crippen LogP contribution >= 0.6 is 11.6 Å². The summed E-state index contributed by atoms with van der Waals surface area (Å²) in [5.74, 6) is 0.426. The predicted molar refractivity (Wildman–Crippen MR) is 135 cm³/mol. The highest BCUT2D eigenvalue weighted by Crippen LogP contribution is 2.45. The number of nitrogens with one attached hydrogen (secondary N) is 3. The van der Waals surface area contributed by atoms with Crippen molar-refractivity contribution in [1.82, 2.24) is 10.3 Å². The minimum Gasteiger partial charge on any atom is -0.383 e. The number of halogens is 2. The van der Waals surface area contributed by atoms with Crippen LogP contribution in [-0.2, 0) is 4.74 Å². The number of anilines is 2. The molecule has 1 aromatic heterocycles. The highest BCUT2D eigenvalue weighted by molar-refractivity contribution is 6.33. The lowest BCUT2D eigenvalue weighted by molar-refractivity contribution is 0.161. The zero-order chi connectivity index (χ0) is 24.1. The van der Waals surface area contributed by atoms with Crippen molar-refractivity contribution in [1.29, 1.82) is 5.26 Å². The quantitative estimate of drug-likeness (QED) is 0.406. The van der Waals surface area contributed by atoms with Gasteiger partial charge in [-0.05, 0) is 69.2 Å². The first kappa shape index (κ1) is 24.7. The van der Waals surface area contributed by atoms with E-state index in [4.69, 9.17) is 16.3 Å². The van der Waals surface area contributed by atoms with Crippen molar-refractivity contribution in [3.05, 3.63) is 41.3 Å². The Bertz CT molecular complexity index is 1030. The lowest BCUT2D eigenvalue weighted by Crippen LogP contribution is -2.42. The maximum absolute atomic E-state index is 14.4. The van der Waals surface area contributed by atoms with Crippen LogP contribution in [0.1, 0.15) is 45.4 Å². The van der Waals surface area contributed by atoms with Gasteiger partial charge in [-0.3, -0.25) is 0 Å². The summed E-state index contributed by atoms with van der Waals surface area (Å²) >= 11 is 6.47. The van der Waals surface area contributed by atoms with Crippen LogP contribution in [0.3, 0.4) is 0 Å². The number of pyridine rings is 1. The number of aromatic nitrogens is 1. The summed E-state index contributed by atoms with van der Waals surface area (Å²) in [5.41, 5.74) is 1.63. The van der Waals surface area contributed by atoms with Crippen LogP contribution in [0.4, 0.5) is 15.9 Å². The predicted octanol–water partition coefficient (Wildman–Crippen LogP) is 5.60. The second-order valence-corrected chi connectivity index (χ2v) is 10.1. The summed E-state index contributed by atoms with van der Waals surface area (Å²) in [6.45, 7) is 3.31. The minimum absolute atomic E-state index is 0.341. The number of hydrogen-bond donors (Lipinski definition) is 3. The number of ether oxygens (including phenoxy) is 1. The molecule has 3 N–H and O–H groups in total. The molecule has 2 fully saturated rings. The van der Waals surface area contributed by atoms with Gasteiger partial charge in [0.2, 0.25) is 0 Å². The fraction of sp³-hybridized carbons (Fsp3) is 0.538. The third-order valence-corrected chi connectivity index (χ3v) is 7.16. The average molecular weight is 486 g/mol. The summed E-state index contributed by atoms with van der Waals surface area (Å²) in [7, 11) is 1.73. The van der Waals surface area contributed by atoms with Crippen molar-refractivity contribution in [2.24, 2.45) is 5.41 Å². The molecule has 1 aromatic carbocycles. The van der Waals surface area contributed by atoms with Crippen molar-refractivity contribution in [3.63, 3.8) is 0 Å². The van der Waals surface area contributed by atoms with Gasteiger partial charge in [-0.15, -0.1) is 0 Å². The molecule has 1 heterocycles. The number of hydrogen-bond acceptors (Lipinski definition) is 6. The Morgan fingerprint density at radius 1 is 1.24 bits per heavy atom. The van der Waals surface area contributed by atoms with Crippen molar-refractivity contribution in [2.45, 2.75) is 63.6 Å². The van der Waals surface area contributed by atoms with E-state index in [1.54, 1.807) is 25.4 Å². The highest BCUT2D eigenvalue weighted by atomic mass is 35.5. The number of nitriles is 1. The van der Waals surface area contributed by atoms with Crippen molar-refractivity contribution in [3.8, 4) is 17.2 Å². The highest BCUT2D eigenvalue weighted by Gasteiger charge is 2.43. The second-order valence-electron chi connectivity index (χ2n) is 9.71. The molecule has 0 unspecified atom stereocenters. The SMILES string of the molecule is COC[C@H](C)NC1CCC(Nc2cc(-c3ccc(F)c(NCC4(C#N)CC4)c3)c(Cl)cn2)CC1. The Labute approximate surface area is 206 Å². The topological polar surface area (TPSA) is 82.0 Å². The first-order valence-electron chi connectivity index (χ1n) is 12.0. The Morgan fingerprint density at radius 2 is 1.97 bits per heavy atom. The van der Waals surface area contributed by atoms with Gasteiger partial charge in [-0.1, -0.05) is 17.7 Å².